The van der Waals surface area contributed by atoms with Crippen LogP contribution in [0.15, 0.2) is 28.9 Å². The topological polar surface area (TPSA) is 29.9 Å². The first kappa shape index (κ1) is 13.8. The fourth-order valence-electron chi connectivity index (χ4n) is 3.09. The van der Waals surface area contributed by atoms with E-state index in [4.69, 9.17) is 0 Å². The van der Waals surface area contributed by atoms with Crippen molar-refractivity contribution in [3.63, 3.8) is 0 Å². The Bertz CT molecular complexity index is 618. The lowest BCUT2D eigenvalue weighted by atomic mass is 10.1. The lowest BCUT2D eigenvalue weighted by molar-refractivity contribution is 0.533. The second kappa shape index (κ2) is 5.70. The quantitative estimate of drug-likeness (QED) is 0.844. The van der Waals surface area contributed by atoms with Gasteiger partial charge in [-0.15, -0.1) is 0 Å². The lowest BCUT2D eigenvalue weighted by Crippen LogP contribution is -2.16. The van der Waals surface area contributed by atoms with Crippen LogP contribution in [0.25, 0.3) is 5.69 Å². The highest BCUT2D eigenvalue weighted by Gasteiger charge is 2.22. The molecule has 0 amide bonds. The Balaban J connectivity index is 2.09. The number of fused-ring (bicyclic) bond motifs is 1. The maximum Gasteiger partial charge on any atom is 0.0678 e. The van der Waals surface area contributed by atoms with Crippen molar-refractivity contribution < 1.29 is 0 Å². The molecule has 1 aliphatic rings. The van der Waals surface area contributed by atoms with E-state index in [1.807, 2.05) is 13.2 Å². The second-order valence-electron chi connectivity index (χ2n) is 5.48. The summed E-state index contributed by atoms with van der Waals surface area (Å²) in [6.45, 7) is 2.14. The standard InChI is InChI=1S/C16H20BrN3/c1-11-9-12(17)7-8-15(11)20-16-6-4-3-5-14(18-2)13(16)10-19-20/h7-10,14,18H,3-6H2,1-2H3. The number of benzene rings is 1. The summed E-state index contributed by atoms with van der Waals surface area (Å²) in [5.41, 5.74) is 5.17. The molecule has 1 aromatic heterocycles. The number of aryl methyl sites for hydroxylation is 1. The number of aromatic nitrogens is 2. The molecule has 1 N–H and O–H groups in total. The first-order chi connectivity index (χ1) is 9.70. The molecule has 1 atom stereocenters. The monoisotopic (exact) mass is 333 g/mol. The minimum atomic E-state index is 0.442. The molecule has 2 aromatic rings. The smallest absolute Gasteiger partial charge is 0.0678 e. The van der Waals surface area contributed by atoms with Crippen LogP contribution in [0.1, 0.15) is 42.1 Å². The predicted octanol–water partition coefficient (Wildman–Crippen LogP) is 3.93. The summed E-state index contributed by atoms with van der Waals surface area (Å²) < 4.78 is 3.25. The molecule has 0 radical (unpaired) electrons. The zero-order valence-electron chi connectivity index (χ0n) is 12.0. The van der Waals surface area contributed by atoms with E-state index < -0.39 is 0 Å². The van der Waals surface area contributed by atoms with Gasteiger partial charge in [0.25, 0.3) is 0 Å². The normalized spacial score (nSPS) is 18.6. The molecular weight excluding hydrogens is 314 g/mol. The summed E-state index contributed by atoms with van der Waals surface area (Å²) in [4.78, 5) is 0. The number of hydrogen-bond donors (Lipinski definition) is 1. The first-order valence-electron chi connectivity index (χ1n) is 7.21. The Morgan fingerprint density at radius 3 is 2.95 bits per heavy atom. The number of nitrogens with zero attached hydrogens (tertiary/aromatic N) is 2. The largest absolute Gasteiger partial charge is 0.313 e. The fourth-order valence-corrected chi connectivity index (χ4v) is 3.56. The highest BCUT2D eigenvalue weighted by atomic mass is 79.9. The Morgan fingerprint density at radius 2 is 2.20 bits per heavy atom. The van der Waals surface area contributed by atoms with E-state index in [-0.39, 0.29) is 0 Å². The Kier molecular flexibility index (Phi) is 3.94. The summed E-state index contributed by atoms with van der Waals surface area (Å²) in [6.07, 6.45) is 6.88. The van der Waals surface area contributed by atoms with E-state index >= 15 is 0 Å². The third-order valence-corrected chi connectivity index (χ3v) is 4.66. The van der Waals surface area contributed by atoms with Crippen LogP contribution in [0.4, 0.5) is 0 Å². The first-order valence-corrected chi connectivity index (χ1v) is 8.00. The van der Waals surface area contributed by atoms with Gasteiger partial charge in [0, 0.05) is 21.8 Å². The zero-order valence-corrected chi connectivity index (χ0v) is 13.6. The van der Waals surface area contributed by atoms with E-state index in [1.54, 1.807) is 0 Å². The summed E-state index contributed by atoms with van der Waals surface area (Å²) in [7, 11) is 2.04. The van der Waals surface area contributed by atoms with Crippen molar-refractivity contribution in [3.05, 3.63) is 45.7 Å². The van der Waals surface area contributed by atoms with Crippen molar-refractivity contribution in [2.45, 2.75) is 38.6 Å². The summed E-state index contributed by atoms with van der Waals surface area (Å²) >= 11 is 3.53. The van der Waals surface area contributed by atoms with Gasteiger partial charge in [0.05, 0.1) is 11.9 Å². The Labute approximate surface area is 128 Å². The number of nitrogens with one attached hydrogen (secondary N) is 1. The summed E-state index contributed by atoms with van der Waals surface area (Å²) in [6, 6.07) is 6.82. The zero-order chi connectivity index (χ0) is 14.1. The van der Waals surface area contributed by atoms with Gasteiger partial charge in [0.15, 0.2) is 0 Å². The number of halogens is 1. The minimum Gasteiger partial charge on any atom is -0.313 e. The van der Waals surface area contributed by atoms with Gasteiger partial charge in [-0.3, -0.25) is 0 Å². The van der Waals surface area contributed by atoms with Crippen LogP contribution in [-0.4, -0.2) is 16.8 Å². The highest BCUT2D eigenvalue weighted by molar-refractivity contribution is 9.10. The molecule has 1 heterocycles. The molecule has 0 saturated heterocycles. The molecule has 1 aliphatic carbocycles. The van der Waals surface area contributed by atoms with Gasteiger partial charge in [-0.1, -0.05) is 22.4 Å². The van der Waals surface area contributed by atoms with Crippen molar-refractivity contribution in [2.75, 3.05) is 7.05 Å². The van der Waals surface area contributed by atoms with Crippen LogP contribution < -0.4 is 5.32 Å². The van der Waals surface area contributed by atoms with E-state index in [0.29, 0.717) is 6.04 Å². The number of rotatable bonds is 2. The molecule has 1 unspecified atom stereocenters. The van der Waals surface area contributed by atoms with Gasteiger partial charge in [-0.25, -0.2) is 4.68 Å². The second-order valence-corrected chi connectivity index (χ2v) is 6.39. The van der Waals surface area contributed by atoms with Crippen LogP contribution >= 0.6 is 15.9 Å². The van der Waals surface area contributed by atoms with Crippen LogP contribution in [0.3, 0.4) is 0 Å². The van der Waals surface area contributed by atoms with Crippen LogP contribution in [0.2, 0.25) is 0 Å². The minimum absolute atomic E-state index is 0.442. The summed E-state index contributed by atoms with van der Waals surface area (Å²) in [5, 5.41) is 8.09. The van der Waals surface area contributed by atoms with Crippen molar-refractivity contribution in [3.8, 4) is 5.69 Å². The fraction of sp³-hybridized carbons (Fsp3) is 0.438. The maximum absolute atomic E-state index is 4.66. The van der Waals surface area contributed by atoms with Gasteiger partial charge < -0.3 is 5.32 Å². The molecule has 0 spiro atoms. The van der Waals surface area contributed by atoms with E-state index in [2.05, 4.69) is 56.2 Å². The lowest BCUT2D eigenvalue weighted by Gasteiger charge is -2.14. The van der Waals surface area contributed by atoms with Gasteiger partial charge in [-0.2, -0.15) is 5.10 Å². The SMILES string of the molecule is CNC1CCCCc2c1cnn2-c1ccc(Br)cc1C. The van der Waals surface area contributed by atoms with Crippen molar-refractivity contribution in [2.24, 2.45) is 0 Å². The number of hydrogen-bond acceptors (Lipinski definition) is 2. The van der Waals surface area contributed by atoms with Crippen LogP contribution in [0.5, 0.6) is 0 Å². The maximum atomic E-state index is 4.66. The van der Waals surface area contributed by atoms with E-state index in [1.165, 1.54) is 41.8 Å². The molecule has 0 fully saturated rings. The van der Waals surface area contributed by atoms with Crippen molar-refractivity contribution in [1.29, 1.82) is 0 Å². The molecule has 106 valence electrons. The van der Waals surface area contributed by atoms with E-state index in [9.17, 15) is 0 Å². The third kappa shape index (κ3) is 2.42. The Hall–Kier alpha value is -1.13. The average Bonchev–Trinajstić information content (AvgIpc) is 2.72. The molecule has 4 heteroatoms. The molecule has 0 saturated carbocycles. The third-order valence-electron chi connectivity index (χ3n) is 4.17. The molecule has 0 aliphatic heterocycles. The average molecular weight is 334 g/mol. The van der Waals surface area contributed by atoms with Crippen molar-refractivity contribution >= 4 is 15.9 Å². The summed E-state index contributed by atoms with van der Waals surface area (Å²) in [5.74, 6) is 0. The van der Waals surface area contributed by atoms with Gasteiger partial charge in [0.2, 0.25) is 0 Å². The Morgan fingerprint density at radius 1 is 1.35 bits per heavy atom. The van der Waals surface area contributed by atoms with Gasteiger partial charge in [0.1, 0.15) is 0 Å². The van der Waals surface area contributed by atoms with Crippen LogP contribution in [-0.2, 0) is 6.42 Å². The molecule has 3 rings (SSSR count). The highest BCUT2D eigenvalue weighted by Crippen LogP contribution is 2.30. The molecule has 1 aromatic carbocycles. The molecular formula is C16H20BrN3. The molecule has 3 nitrogen and oxygen atoms in total. The predicted molar refractivity (Wildman–Crippen MR) is 85.4 cm³/mol. The van der Waals surface area contributed by atoms with E-state index in [0.717, 1.165) is 10.9 Å². The van der Waals surface area contributed by atoms with Crippen molar-refractivity contribution in [1.82, 2.24) is 15.1 Å². The van der Waals surface area contributed by atoms with Crippen LogP contribution in [0, 0.1) is 6.92 Å². The molecule has 0 bridgehead atoms. The molecule has 20 heavy (non-hydrogen) atoms. The van der Waals surface area contributed by atoms with Gasteiger partial charge >= 0.3 is 0 Å². The van der Waals surface area contributed by atoms with Gasteiger partial charge in [-0.05, 0) is 57.0 Å².